The molecule has 3 heterocycles. The molecule has 3 rings (SSSR count). The van der Waals surface area contributed by atoms with Crippen LogP contribution in [0.4, 0.5) is 0 Å². The van der Waals surface area contributed by atoms with Gasteiger partial charge in [-0.05, 0) is 39.2 Å². The number of rotatable bonds is 4. The smallest absolute Gasteiger partial charge is 0.234 e. The minimum absolute atomic E-state index is 0.0986. The van der Waals surface area contributed by atoms with Crippen molar-refractivity contribution in [2.24, 2.45) is 7.05 Å². The Morgan fingerprint density at radius 1 is 1.39 bits per heavy atom. The monoisotopic (exact) mass is 340 g/mol. The van der Waals surface area contributed by atoms with Crippen LogP contribution in [0, 0.1) is 6.92 Å². The molecule has 2 aliphatic rings. The number of aromatic nitrogens is 2. The highest BCUT2D eigenvalue weighted by molar-refractivity contribution is 6.30. The standard InChI is InChI=1S/C16H25ClN4O2/c1-11-15(16(17)20(2)19-11)13-4-3-7-21(13)10-14(22)18-12-5-8-23-9-6-12/h12-13H,3-10H2,1-2H3,(H,18,22)/t13-/m0/s1. The molecule has 0 unspecified atom stereocenters. The summed E-state index contributed by atoms with van der Waals surface area (Å²) in [5, 5.41) is 8.23. The highest BCUT2D eigenvalue weighted by Gasteiger charge is 2.32. The lowest BCUT2D eigenvalue weighted by atomic mass is 10.1. The normalized spacial score (nSPS) is 23.3. The number of aryl methyl sites for hydroxylation is 2. The van der Waals surface area contributed by atoms with Crippen LogP contribution in [0.1, 0.15) is 43.0 Å². The lowest BCUT2D eigenvalue weighted by molar-refractivity contribution is -0.123. The molecule has 2 aliphatic heterocycles. The summed E-state index contributed by atoms with van der Waals surface area (Å²) in [5.74, 6) is 0.0986. The van der Waals surface area contributed by atoms with Gasteiger partial charge in [0.2, 0.25) is 5.91 Å². The lowest BCUT2D eigenvalue weighted by Gasteiger charge is -2.27. The third-order valence-corrected chi connectivity index (χ3v) is 5.27. The Hall–Kier alpha value is -1.11. The summed E-state index contributed by atoms with van der Waals surface area (Å²) in [6, 6.07) is 0.442. The first-order chi connectivity index (χ1) is 11.1. The summed E-state index contributed by atoms with van der Waals surface area (Å²) >= 11 is 6.41. The predicted molar refractivity (Wildman–Crippen MR) is 88.5 cm³/mol. The van der Waals surface area contributed by atoms with Crippen molar-refractivity contribution in [3.8, 4) is 0 Å². The minimum atomic E-state index is 0.0986. The van der Waals surface area contributed by atoms with E-state index in [0.29, 0.717) is 11.7 Å². The molecule has 1 N–H and O–H groups in total. The van der Waals surface area contributed by atoms with Gasteiger partial charge in [-0.1, -0.05) is 11.6 Å². The van der Waals surface area contributed by atoms with Crippen molar-refractivity contribution in [1.82, 2.24) is 20.0 Å². The van der Waals surface area contributed by atoms with Gasteiger partial charge >= 0.3 is 0 Å². The summed E-state index contributed by atoms with van der Waals surface area (Å²) in [4.78, 5) is 14.6. The Balaban J connectivity index is 1.63. The van der Waals surface area contributed by atoms with Crippen molar-refractivity contribution < 1.29 is 9.53 Å². The molecule has 0 saturated carbocycles. The fraction of sp³-hybridized carbons (Fsp3) is 0.750. The van der Waals surface area contributed by atoms with Gasteiger partial charge in [0.25, 0.3) is 0 Å². The molecule has 23 heavy (non-hydrogen) atoms. The molecule has 1 amide bonds. The van der Waals surface area contributed by atoms with E-state index in [1.165, 1.54) is 0 Å². The number of carbonyl (C=O) groups excluding carboxylic acids is 1. The predicted octanol–water partition coefficient (Wildman–Crippen LogP) is 1.81. The maximum absolute atomic E-state index is 12.4. The average Bonchev–Trinajstić information content (AvgIpc) is 3.05. The van der Waals surface area contributed by atoms with Gasteiger partial charge in [0.1, 0.15) is 5.15 Å². The molecule has 1 aromatic rings. The van der Waals surface area contributed by atoms with Crippen molar-refractivity contribution in [3.63, 3.8) is 0 Å². The SMILES string of the molecule is Cc1nn(C)c(Cl)c1[C@@H]1CCCN1CC(=O)NC1CCOCC1. The number of likely N-dealkylation sites (tertiary alicyclic amines) is 1. The van der Waals surface area contributed by atoms with E-state index in [4.69, 9.17) is 16.3 Å². The van der Waals surface area contributed by atoms with Gasteiger partial charge in [0.15, 0.2) is 0 Å². The number of hydrogen-bond donors (Lipinski definition) is 1. The summed E-state index contributed by atoms with van der Waals surface area (Å²) in [6.45, 7) is 4.81. The Bertz CT molecular complexity index is 569. The van der Waals surface area contributed by atoms with Crippen LogP contribution in [0.3, 0.4) is 0 Å². The van der Waals surface area contributed by atoms with E-state index >= 15 is 0 Å². The Morgan fingerprint density at radius 3 is 2.78 bits per heavy atom. The van der Waals surface area contributed by atoms with Crippen LogP contribution in [0.25, 0.3) is 0 Å². The zero-order valence-electron chi connectivity index (χ0n) is 13.8. The van der Waals surface area contributed by atoms with Crippen LogP contribution in [0.5, 0.6) is 0 Å². The fourth-order valence-electron chi connectivity index (χ4n) is 3.67. The molecule has 0 aromatic carbocycles. The van der Waals surface area contributed by atoms with Gasteiger partial charge in [-0.25, -0.2) is 0 Å². The van der Waals surface area contributed by atoms with Gasteiger partial charge in [-0.2, -0.15) is 5.10 Å². The Kier molecular flexibility index (Phi) is 5.24. The van der Waals surface area contributed by atoms with Gasteiger partial charge < -0.3 is 10.1 Å². The third-order valence-electron chi connectivity index (χ3n) is 4.83. The van der Waals surface area contributed by atoms with Crippen LogP contribution in [-0.4, -0.2) is 52.9 Å². The van der Waals surface area contributed by atoms with Gasteiger partial charge in [-0.15, -0.1) is 0 Å². The number of ether oxygens (including phenoxy) is 1. The minimum Gasteiger partial charge on any atom is -0.381 e. The van der Waals surface area contributed by atoms with Crippen molar-refractivity contribution in [2.45, 2.75) is 44.7 Å². The Morgan fingerprint density at radius 2 is 2.13 bits per heavy atom. The van der Waals surface area contributed by atoms with Gasteiger partial charge in [0.05, 0.1) is 12.2 Å². The van der Waals surface area contributed by atoms with Crippen molar-refractivity contribution >= 4 is 17.5 Å². The Labute approximate surface area is 142 Å². The van der Waals surface area contributed by atoms with E-state index in [0.717, 1.165) is 56.7 Å². The molecule has 2 saturated heterocycles. The molecule has 1 aromatic heterocycles. The second kappa shape index (κ2) is 7.20. The van der Waals surface area contributed by atoms with Crippen LogP contribution in [0.2, 0.25) is 5.15 Å². The fourth-order valence-corrected chi connectivity index (χ4v) is 3.97. The highest BCUT2D eigenvalue weighted by Crippen LogP contribution is 2.37. The number of hydrogen-bond acceptors (Lipinski definition) is 4. The lowest BCUT2D eigenvalue weighted by Crippen LogP contribution is -2.44. The maximum Gasteiger partial charge on any atom is 0.234 e. The van der Waals surface area contributed by atoms with Crippen molar-refractivity contribution in [1.29, 1.82) is 0 Å². The average molecular weight is 341 g/mol. The van der Waals surface area contributed by atoms with Crippen LogP contribution >= 0.6 is 11.6 Å². The van der Waals surface area contributed by atoms with Gasteiger partial charge in [0, 0.05) is 37.9 Å². The first-order valence-electron chi connectivity index (χ1n) is 8.36. The van der Waals surface area contributed by atoms with Crippen LogP contribution in [-0.2, 0) is 16.6 Å². The molecule has 0 aliphatic carbocycles. The first kappa shape index (κ1) is 16.7. The molecule has 0 spiro atoms. The number of amides is 1. The molecule has 7 heteroatoms. The van der Waals surface area contributed by atoms with E-state index in [1.807, 2.05) is 14.0 Å². The van der Waals surface area contributed by atoms with Crippen LogP contribution < -0.4 is 5.32 Å². The molecule has 2 fully saturated rings. The van der Waals surface area contributed by atoms with Crippen molar-refractivity contribution in [3.05, 3.63) is 16.4 Å². The topological polar surface area (TPSA) is 59.4 Å². The first-order valence-corrected chi connectivity index (χ1v) is 8.74. The second-order valence-electron chi connectivity index (χ2n) is 6.50. The summed E-state index contributed by atoms with van der Waals surface area (Å²) in [7, 11) is 1.86. The molecular formula is C16H25ClN4O2. The molecule has 128 valence electrons. The van der Waals surface area contributed by atoms with E-state index in [2.05, 4.69) is 15.3 Å². The maximum atomic E-state index is 12.4. The summed E-state index contributed by atoms with van der Waals surface area (Å²) < 4.78 is 7.05. The quantitative estimate of drug-likeness (QED) is 0.908. The number of halogens is 1. The largest absolute Gasteiger partial charge is 0.381 e. The number of nitrogens with one attached hydrogen (secondary N) is 1. The van der Waals surface area contributed by atoms with E-state index in [1.54, 1.807) is 4.68 Å². The number of nitrogens with zero attached hydrogens (tertiary/aromatic N) is 3. The molecule has 6 nitrogen and oxygen atoms in total. The summed E-state index contributed by atoms with van der Waals surface area (Å²) in [6.07, 6.45) is 3.92. The van der Waals surface area contributed by atoms with Crippen molar-refractivity contribution in [2.75, 3.05) is 26.3 Å². The van der Waals surface area contributed by atoms with E-state index in [-0.39, 0.29) is 18.0 Å². The zero-order valence-corrected chi connectivity index (χ0v) is 14.6. The highest BCUT2D eigenvalue weighted by atomic mass is 35.5. The second-order valence-corrected chi connectivity index (χ2v) is 6.85. The third kappa shape index (κ3) is 3.70. The molecule has 0 radical (unpaired) electrons. The van der Waals surface area contributed by atoms with Crippen LogP contribution in [0.15, 0.2) is 0 Å². The number of carbonyl (C=O) groups is 1. The van der Waals surface area contributed by atoms with E-state index < -0.39 is 0 Å². The zero-order chi connectivity index (χ0) is 16.4. The van der Waals surface area contributed by atoms with Gasteiger partial charge in [-0.3, -0.25) is 14.4 Å². The molecule has 0 bridgehead atoms. The van der Waals surface area contributed by atoms with E-state index in [9.17, 15) is 4.79 Å². The molecule has 1 atom stereocenters. The molecular weight excluding hydrogens is 316 g/mol. The summed E-state index contributed by atoms with van der Waals surface area (Å²) in [5.41, 5.74) is 2.03.